The predicted molar refractivity (Wildman–Crippen MR) is 74.5 cm³/mol. The van der Waals surface area contributed by atoms with Gasteiger partial charge in [-0.1, -0.05) is 25.1 Å². The van der Waals surface area contributed by atoms with E-state index in [0.29, 0.717) is 0 Å². The lowest BCUT2D eigenvalue weighted by molar-refractivity contribution is 0.174. The van der Waals surface area contributed by atoms with Crippen LogP contribution in [0, 0.1) is 5.82 Å². The van der Waals surface area contributed by atoms with E-state index in [2.05, 4.69) is 5.32 Å². The zero-order valence-electron chi connectivity index (χ0n) is 11.2. The molecule has 1 heterocycles. The van der Waals surface area contributed by atoms with Gasteiger partial charge in [-0.3, -0.25) is 0 Å². The maximum Gasteiger partial charge on any atom is 0.231 e. The molecule has 1 N–H and O–H groups in total. The Kier molecular flexibility index (Phi) is 3.56. The number of hydrogen-bond donors (Lipinski definition) is 1. The largest absolute Gasteiger partial charge is 0.454 e. The summed E-state index contributed by atoms with van der Waals surface area (Å²) < 4.78 is 23.8. The highest BCUT2D eigenvalue weighted by Gasteiger charge is 2.18. The molecular formula is C16H16FNO2. The lowest BCUT2D eigenvalue weighted by Crippen LogP contribution is -2.21. The molecule has 3 nitrogen and oxygen atoms in total. The second kappa shape index (κ2) is 5.51. The van der Waals surface area contributed by atoms with Gasteiger partial charge in [-0.05, 0) is 41.9 Å². The van der Waals surface area contributed by atoms with E-state index < -0.39 is 0 Å². The Hall–Kier alpha value is -2.07. The average Bonchev–Trinajstić information content (AvgIpc) is 2.93. The quantitative estimate of drug-likeness (QED) is 0.927. The van der Waals surface area contributed by atoms with Gasteiger partial charge in [0.25, 0.3) is 0 Å². The molecule has 0 aromatic heterocycles. The van der Waals surface area contributed by atoms with Crippen LogP contribution in [0.15, 0.2) is 42.5 Å². The summed E-state index contributed by atoms with van der Waals surface area (Å²) >= 11 is 0. The molecule has 1 unspecified atom stereocenters. The third kappa shape index (κ3) is 2.47. The van der Waals surface area contributed by atoms with Crippen LogP contribution in [0.2, 0.25) is 0 Å². The number of fused-ring (bicyclic) bond motifs is 1. The number of hydrogen-bond acceptors (Lipinski definition) is 3. The van der Waals surface area contributed by atoms with Crippen LogP contribution in [0.3, 0.4) is 0 Å². The predicted octanol–water partition coefficient (Wildman–Crippen LogP) is 3.25. The summed E-state index contributed by atoms with van der Waals surface area (Å²) in [6.45, 7) is 3.13. The second-order valence-corrected chi connectivity index (χ2v) is 4.65. The highest BCUT2D eigenvalue weighted by molar-refractivity contribution is 5.47. The van der Waals surface area contributed by atoms with Crippen molar-refractivity contribution in [3.8, 4) is 11.5 Å². The monoisotopic (exact) mass is 273 g/mol. The van der Waals surface area contributed by atoms with Gasteiger partial charge < -0.3 is 14.8 Å². The third-order valence-electron chi connectivity index (χ3n) is 3.34. The first-order valence-corrected chi connectivity index (χ1v) is 6.66. The molecule has 2 aromatic carbocycles. The Morgan fingerprint density at radius 3 is 2.50 bits per heavy atom. The first-order valence-electron chi connectivity index (χ1n) is 6.66. The van der Waals surface area contributed by atoms with Gasteiger partial charge in [0.05, 0.1) is 6.04 Å². The minimum atomic E-state index is -0.227. The van der Waals surface area contributed by atoms with E-state index in [1.807, 2.05) is 25.1 Å². The van der Waals surface area contributed by atoms with Crippen LogP contribution < -0.4 is 14.8 Å². The molecule has 2 aromatic rings. The van der Waals surface area contributed by atoms with Gasteiger partial charge in [-0.2, -0.15) is 0 Å². The van der Waals surface area contributed by atoms with E-state index in [1.165, 1.54) is 12.1 Å². The molecule has 4 heteroatoms. The lowest BCUT2D eigenvalue weighted by Gasteiger charge is -2.19. The summed E-state index contributed by atoms with van der Waals surface area (Å²) in [5, 5.41) is 3.41. The van der Waals surface area contributed by atoms with E-state index in [9.17, 15) is 4.39 Å². The summed E-state index contributed by atoms with van der Waals surface area (Å²) in [4.78, 5) is 0. The molecule has 104 valence electrons. The number of rotatable bonds is 4. The average molecular weight is 273 g/mol. The summed E-state index contributed by atoms with van der Waals surface area (Å²) in [6, 6.07) is 12.4. The highest BCUT2D eigenvalue weighted by Crippen LogP contribution is 2.35. The zero-order chi connectivity index (χ0) is 13.9. The van der Waals surface area contributed by atoms with Crippen LogP contribution in [0.5, 0.6) is 11.5 Å². The molecule has 0 radical (unpaired) electrons. The molecule has 3 rings (SSSR count). The summed E-state index contributed by atoms with van der Waals surface area (Å²) in [5.41, 5.74) is 2.09. The van der Waals surface area contributed by atoms with Crippen molar-refractivity contribution in [2.75, 3.05) is 13.3 Å². The van der Waals surface area contributed by atoms with E-state index in [0.717, 1.165) is 29.2 Å². The van der Waals surface area contributed by atoms with Gasteiger partial charge in [-0.15, -0.1) is 0 Å². The van der Waals surface area contributed by atoms with Crippen LogP contribution in [0.25, 0.3) is 0 Å². The highest BCUT2D eigenvalue weighted by atomic mass is 19.1. The normalized spacial score (nSPS) is 14.3. The lowest BCUT2D eigenvalue weighted by atomic mass is 9.98. The number of halogens is 1. The van der Waals surface area contributed by atoms with Gasteiger partial charge in [-0.25, -0.2) is 4.39 Å². The SMILES string of the molecule is CCNC(c1ccc(F)cc1)c1ccc2c(c1)OCO2. The van der Waals surface area contributed by atoms with Gasteiger partial charge in [0, 0.05) is 0 Å². The van der Waals surface area contributed by atoms with E-state index >= 15 is 0 Å². The molecule has 0 amide bonds. The molecular weight excluding hydrogens is 257 g/mol. The fourth-order valence-corrected chi connectivity index (χ4v) is 2.38. The van der Waals surface area contributed by atoms with Crippen LogP contribution in [0.4, 0.5) is 4.39 Å². The van der Waals surface area contributed by atoms with Crippen molar-refractivity contribution in [1.82, 2.24) is 5.32 Å². The van der Waals surface area contributed by atoms with Gasteiger partial charge in [0.1, 0.15) is 5.82 Å². The Labute approximate surface area is 117 Å². The maximum absolute atomic E-state index is 13.1. The fraction of sp³-hybridized carbons (Fsp3) is 0.250. The topological polar surface area (TPSA) is 30.5 Å². The van der Waals surface area contributed by atoms with Crippen LogP contribution in [-0.2, 0) is 0 Å². The minimum Gasteiger partial charge on any atom is -0.454 e. The molecule has 1 atom stereocenters. The maximum atomic E-state index is 13.1. The molecule has 0 saturated heterocycles. The standard InChI is InChI=1S/C16H16FNO2/c1-2-18-16(11-3-6-13(17)7-4-11)12-5-8-14-15(9-12)20-10-19-14/h3-9,16,18H,2,10H2,1H3. The summed E-state index contributed by atoms with van der Waals surface area (Å²) in [6.07, 6.45) is 0. The number of ether oxygens (including phenoxy) is 2. The third-order valence-corrected chi connectivity index (χ3v) is 3.34. The first-order chi connectivity index (χ1) is 9.78. The van der Waals surface area contributed by atoms with Crippen molar-refractivity contribution >= 4 is 0 Å². The van der Waals surface area contributed by atoms with Crippen LogP contribution in [-0.4, -0.2) is 13.3 Å². The second-order valence-electron chi connectivity index (χ2n) is 4.65. The van der Waals surface area contributed by atoms with Crippen molar-refractivity contribution in [2.45, 2.75) is 13.0 Å². The molecule has 0 saturated carbocycles. The summed E-state index contributed by atoms with van der Waals surface area (Å²) in [5.74, 6) is 1.30. The molecule has 0 fully saturated rings. The van der Waals surface area contributed by atoms with Gasteiger partial charge >= 0.3 is 0 Å². The fourth-order valence-electron chi connectivity index (χ4n) is 2.38. The molecule has 0 bridgehead atoms. The summed E-state index contributed by atoms with van der Waals surface area (Å²) in [7, 11) is 0. The number of benzene rings is 2. The Balaban J connectivity index is 1.95. The van der Waals surface area contributed by atoms with Crippen molar-refractivity contribution in [3.05, 3.63) is 59.4 Å². The molecule has 0 spiro atoms. The van der Waals surface area contributed by atoms with E-state index in [1.54, 1.807) is 12.1 Å². The van der Waals surface area contributed by atoms with Gasteiger partial charge in [0.15, 0.2) is 11.5 Å². The van der Waals surface area contributed by atoms with Crippen molar-refractivity contribution in [1.29, 1.82) is 0 Å². The Morgan fingerprint density at radius 2 is 1.75 bits per heavy atom. The Morgan fingerprint density at radius 1 is 1.05 bits per heavy atom. The first kappa shape index (κ1) is 12.9. The zero-order valence-corrected chi connectivity index (χ0v) is 11.2. The van der Waals surface area contributed by atoms with Crippen molar-refractivity contribution < 1.29 is 13.9 Å². The van der Waals surface area contributed by atoms with Gasteiger partial charge in [0.2, 0.25) is 6.79 Å². The van der Waals surface area contributed by atoms with E-state index in [4.69, 9.17) is 9.47 Å². The smallest absolute Gasteiger partial charge is 0.231 e. The minimum absolute atomic E-state index is 0.00935. The molecule has 1 aliphatic heterocycles. The molecule has 20 heavy (non-hydrogen) atoms. The molecule has 1 aliphatic rings. The van der Waals surface area contributed by atoms with Crippen LogP contribution >= 0.6 is 0 Å². The van der Waals surface area contributed by atoms with Crippen LogP contribution in [0.1, 0.15) is 24.1 Å². The number of nitrogens with one attached hydrogen (secondary N) is 1. The van der Waals surface area contributed by atoms with Crippen molar-refractivity contribution in [3.63, 3.8) is 0 Å². The van der Waals surface area contributed by atoms with E-state index in [-0.39, 0.29) is 18.7 Å². The molecule has 0 aliphatic carbocycles. The van der Waals surface area contributed by atoms with Crippen molar-refractivity contribution in [2.24, 2.45) is 0 Å². The Bertz CT molecular complexity index is 598.